The standard InChI is InChI=1S/C22H34N4O3/c1-3-23-22(25-16-21(27)26-12-6-7-13-26)24-15-17-10-11-19(28-2)20(14-17)29-18-8-4-5-9-18/h10-11,14,18H,3-9,12-13,15-16H2,1-2H3,(H2,23,24,25). The van der Waals surface area contributed by atoms with Crippen LogP contribution in [0.25, 0.3) is 0 Å². The van der Waals surface area contributed by atoms with Gasteiger partial charge in [-0.15, -0.1) is 0 Å². The molecule has 0 unspecified atom stereocenters. The van der Waals surface area contributed by atoms with Crippen molar-refractivity contribution in [1.82, 2.24) is 15.5 Å². The Kier molecular flexibility index (Phi) is 8.02. The number of carbonyl (C=O) groups is 1. The van der Waals surface area contributed by atoms with Crippen LogP contribution in [0.2, 0.25) is 0 Å². The van der Waals surface area contributed by atoms with Gasteiger partial charge in [0.25, 0.3) is 0 Å². The molecule has 3 rings (SSSR count). The van der Waals surface area contributed by atoms with Crippen LogP contribution in [0.15, 0.2) is 23.2 Å². The number of amides is 1. The zero-order valence-electron chi connectivity index (χ0n) is 17.7. The van der Waals surface area contributed by atoms with Crippen LogP contribution < -0.4 is 20.1 Å². The number of likely N-dealkylation sites (tertiary alicyclic amines) is 1. The predicted molar refractivity (Wildman–Crippen MR) is 115 cm³/mol. The summed E-state index contributed by atoms with van der Waals surface area (Å²) in [5, 5.41) is 6.36. The van der Waals surface area contributed by atoms with Gasteiger partial charge in [0.2, 0.25) is 5.91 Å². The summed E-state index contributed by atoms with van der Waals surface area (Å²) in [5.74, 6) is 2.32. The Balaban J connectivity index is 1.60. The lowest BCUT2D eigenvalue weighted by molar-refractivity contribution is -0.128. The maximum Gasteiger partial charge on any atom is 0.241 e. The van der Waals surface area contributed by atoms with Crippen LogP contribution in [-0.2, 0) is 11.3 Å². The van der Waals surface area contributed by atoms with Crippen LogP contribution in [0.5, 0.6) is 11.5 Å². The van der Waals surface area contributed by atoms with E-state index in [1.165, 1.54) is 12.8 Å². The Bertz CT molecular complexity index is 695. The minimum atomic E-state index is 0.129. The van der Waals surface area contributed by atoms with Gasteiger partial charge < -0.3 is 25.0 Å². The van der Waals surface area contributed by atoms with Crippen molar-refractivity contribution in [1.29, 1.82) is 0 Å². The first-order valence-corrected chi connectivity index (χ1v) is 10.8. The number of carbonyl (C=O) groups excluding carboxylic acids is 1. The van der Waals surface area contributed by atoms with Crippen molar-refractivity contribution in [3.63, 3.8) is 0 Å². The monoisotopic (exact) mass is 402 g/mol. The summed E-state index contributed by atoms with van der Waals surface area (Å²) in [5.41, 5.74) is 1.04. The second kappa shape index (κ2) is 10.9. The van der Waals surface area contributed by atoms with E-state index < -0.39 is 0 Å². The van der Waals surface area contributed by atoms with Gasteiger partial charge in [-0.25, -0.2) is 4.99 Å². The van der Waals surface area contributed by atoms with Gasteiger partial charge in [0, 0.05) is 19.6 Å². The van der Waals surface area contributed by atoms with Crippen LogP contribution in [0, 0.1) is 0 Å². The molecule has 0 aromatic heterocycles. The first-order valence-electron chi connectivity index (χ1n) is 10.8. The molecule has 0 radical (unpaired) electrons. The average molecular weight is 403 g/mol. The molecule has 1 saturated carbocycles. The summed E-state index contributed by atoms with van der Waals surface area (Å²) < 4.78 is 11.6. The molecule has 0 atom stereocenters. The Morgan fingerprint density at radius 3 is 2.59 bits per heavy atom. The van der Waals surface area contributed by atoms with Gasteiger partial charge in [-0.1, -0.05) is 6.07 Å². The van der Waals surface area contributed by atoms with Crippen LogP contribution in [0.1, 0.15) is 51.0 Å². The van der Waals surface area contributed by atoms with E-state index in [4.69, 9.17) is 9.47 Å². The first kappa shape index (κ1) is 21.3. The molecular formula is C22H34N4O3. The largest absolute Gasteiger partial charge is 0.493 e. The van der Waals surface area contributed by atoms with Gasteiger partial charge in [-0.2, -0.15) is 0 Å². The Labute approximate surface area is 173 Å². The summed E-state index contributed by atoms with van der Waals surface area (Å²) in [6.45, 7) is 5.25. The van der Waals surface area contributed by atoms with E-state index in [2.05, 4.69) is 15.6 Å². The van der Waals surface area contributed by atoms with Crippen LogP contribution in [0.4, 0.5) is 0 Å². The molecule has 2 fully saturated rings. The van der Waals surface area contributed by atoms with Crippen molar-refractivity contribution in [2.24, 2.45) is 4.99 Å². The third kappa shape index (κ3) is 6.27. The fourth-order valence-corrected chi connectivity index (χ4v) is 3.85. The predicted octanol–water partition coefficient (Wildman–Crippen LogP) is 2.69. The van der Waals surface area contributed by atoms with Crippen molar-refractivity contribution in [2.75, 3.05) is 33.3 Å². The van der Waals surface area contributed by atoms with Crippen LogP contribution >= 0.6 is 0 Å². The lowest BCUT2D eigenvalue weighted by Crippen LogP contribution is -2.44. The van der Waals surface area contributed by atoms with E-state index in [9.17, 15) is 4.79 Å². The number of rotatable bonds is 8. The molecule has 2 N–H and O–H groups in total. The van der Waals surface area contributed by atoms with Crippen molar-refractivity contribution in [3.05, 3.63) is 23.8 Å². The lowest BCUT2D eigenvalue weighted by Gasteiger charge is -2.18. The van der Waals surface area contributed by atoms with E-state index in [1.54, 1.807) is 7.11 Å². The number of hydrogen-bond acceptors (Lipinski definition) is 4. The number of nitrogens with zero attached hydrogens (tertiary/aromatic N) is 2. The Morgan fingerprint density at radius 2 is 1.90 bits per heavy atom. The number of guanidine groups is 1. The van der Waals surface area contributed by atoms with Gasteiger partial charge in [0.15, 0.2) is 17.5 Å². The highest BCUT2D eigenvalue weighted by atomic mass is 16.5. The highest BCUT2D eigenvalue weighted by molar-refractivity contribution is 5.86. The molecule has 1 saturated heterocycles. The molecule has 0 spiro atoms. The number of nitrogens with one attached hydrogen (secondary N) is 2. The zero-order valence-corrected chi connectivity index (χ0v) is 17.7. The van der Waals surface area contributed by atoms with Crippen molar-refractivity contribution in [3.8, 4) is 11.5 Å². The molecule has 160 valence electrons. The summed E-state index contributed by atoms with van der Waals surface area (Å²) in [4.78, 5) is 18.8. The smallest absolute Gasteiger partial charge is 0.241 e. The minimum Gasteiger partial charge on any atom is -0.493 e. The van der Waals surface area contributed by atoms with E-state index in [0.29, 0.717) is 12.5 Å². The fourth-order valence-electron chi connectivity index (χ4n) is 3.85. The molecule has 1 amide bonds. The molecule has 7 nitrogen and oxygen atoms in total. The van der Waals surface area contributed by atoms with E-state index in [0.717, 1.165) is 62.4 Å². The van der Waals surface area contributed by atoms with Crippen molar-refractivity contribution >= 4 is 11.9 Å². The molecule has 7 heteroatoms. The van der Waals surface area contributed by atoms with Gasteiger partial charge in [0.1, 0.15) is 0 Å². The zero-order chi connectivity index (χ0) is 20.5. The van der Waals surface area contributed by atoms with Gasteiger partial charge in [-0.05, 0) is 63.1 Å². The second-order valence-corrected chi connectivity index (χ2v) is 7.65. The Morgan fingerprint density at radius 1 is 1.14 bits per heavy atom. The van der Waals surface area contributed by atoms with Crippen molar-refractivity contribution < 1.29 is 14.3 Å². The summed E-state index contributed by atoms with van der Waals surface area (Å²) >= 11 is 0. The molecule has 0 bridgehead atoms. The lowest BCUT2D eigenvalue weighted by atomic mass is 10.2. The quantitative estimate of drug-likeness (QED) is 0.517. The van der Waals surface area contributed by atoms with Gasteiger partial charge >= 0.3 is 0 Å². The van der Waals surface area contributed by atoms with Crippen molar-refractivity contribution in [2.45, 2.75) is 58.1 Å². The summed E-state index contributed by atoms with van der Waals surface area (Å²) in [6.07, 6.45) is 7.13. The number of methoxy groups -OCH3 is 1. The van der Waals surface area contributed by atoms with E-state index >= 15 is 0 Å². The molecule has 1 aromatic rings. The topological polar surface area (TPSA) is 75.2 Å². The maximum absolute atomic E-state index is 12.3. The molecule has 1 aliphatic carbocycles. The highest BCUT2D eigenvalue weighted by Gasteiger charge is 2.19. The normalized spacial score (nSPS) is 17.4. The number of hydrogen-bond donors (Lipinski definition) is 2. The maximum atomic E-state index is 12.3. The number of aliphatic imine (C=N–C) groups is 1. The molecule has 1 heterocycles. The molecular weight excluding hydrogens is 368 g/mol. The average Bonchev–Trinajstić information content (AvgIpc) is 3.44. The second-order valence-electron chi connectivity index (χ2n) is 7.65. The molecule has 1 aromatic carbocycles. The van der Waals surface area contributed by atoms with Crippen LogP contribution in [0.3, 0.4) is 0 Å². The summed E-state index contributed by atoms with van der Waals surface area (Å²) in [6, 6.07) is 5.95. The fraction of sp³-hybridized carbons (Fsp3) is 0.636. The van der Waals surface area contributed by atoms with E-state index in [-0.39, 0.29) is 18.6 Å². The van der Waals surface area contributed by atoms with E-state index in [1.807, 2.05) is 30.0 Å². The first-order chi connectivity index (χ1) is 14.2. The highest BCUT2D eigenvalue weighted by Crippen LogP contribution is 2.32. The SMILES string of the molecule is CCNC(=NCc1ccc(OC)c(OC2CCCC2)c1)NCC(=O)N1CCCC1. The molecule has 2 aliphatic rings. The van der Waals surface area contributed by atoms with Crippen LogP contribution in [-0.4, -0.2) is 56.2 Å². The summed E-state index contributed by atoms with van der Waals surface area (Å²) in [7, 11) is 1.67. The number of benzene rings is 1. The minimum absolute atomic E-state index is 0.129. The van der Waals surface area contributed by atoms with Gasteiger partial charge in [-0.3, -0.25) is 4.79 Å². The Hall–Kier alpha value is -2.44. The third-order valence-corrected chi connectivity index (χ3v) is 5.45. The molecule has 29 heavy (non-hydrogen) atoms. The number of ether oxygens (including phenoxy) is 2. The third-order valence-electron chi connectivity index (χ3n) is 5.45. The molecule has 1 aliphatic heterocycles. The van der Waals surface area contributed by atoms with Gasteiger partial charge in [0.05, 0.1) is 26.3 Å².